The van der Waals surface area contributed by atoms with Crippen LogP contribution in [0.2, 0.25) is 0 Å². The van der Waals surface area contributed by atoms with Crippen LogP contribution >= 0.6 is 0 Å². The summed E-state index contributed by atoms with van der Waals surface area (Å²) >= 11 is 0. The van der Waals surface area contributed by atoms with Gasteiger partial charge in [0.2, 0.25) is 0 Å². The molecule has 98 valence electrons. The Morgan fingerprint density at radius 2 is 1.85 bits per heavy atom. The highest BCUT2D eigenvalue weighted by Gasteiger charge is 2.10. The third kappa shape index (κ3) is 2.82. The number of carboxylic acids is 1. The van der Waals surface area contributed by atoms with Gasteiger partial charge in [0.1, 0.15) is 12.1 Å². The standard InChI is InChI=1S/C14H10N4O2/c15-6-12-13(7-16)18(9-17-12)8-11-3-1-10(2-4-11)5-14(19)20/h1-4,9H,5,8H2,(H,19,20). The molecule has 0 fully saturated rings. The van der Waals surface area contributed by atoms with Crippen molar-refractivity contribution in [3.8, 4) is 12.1 Å². The molecule has 0 unspecified atom stereocenters. The number of hydrogen-bond acceptors (Lipinski definition) is 4. The fourth-order valence-corrected chi connectivity index (χ4v) is 1.84. The molecular formula is C14H10N4O2. The van der Waals surface area contributed by atoms with Crippen molar-refractivity contribution in [1.82, 2.24) is 9.55 Å². The molecular weight excluding hydrogens is 256 g/mol. The van der Waals surface area contributed by atoms with E-state index in [-0.39, 0.29) is 17.8 Å². The molecule has 0 aliphatic heterocycles. The second kappa shape index (κ2) is 5.68. The van der Waals surface area contributed by atoms with E-state index in [9.17, 15) is 4.79 Å². The number of aliphatic carboxylic acids is 1. The molecule has 0 bridgehead atoms. The number of imidazole rings is 1. The van der Waals surface area contributed by atoms with Crippen LogP contribution in [0.15, 0.2) is 30.6 Å². The number of rotatable bonds is 4. The van der Waals surface area contributed by atoms with Gasteiger partial charge in [0.05, 0.1) is 12.7 Å². The Morgan fingerprint density at radius 3 is 2.40 bits per heavy atom. The summed E-state index contributed by atoms with van der Waals surface area (Å²) in [5.41, 5.74) is 1.94. The molecule has 0 amide bonds. The van der Waals surface area contributed by atoms with Gasteiger partial charge in [0.15, 0.2) is 11.4 Å². The van der Waals surface area contributed by atoms with E-state index in [0.717, 1.165) is 5.56 Å². The Balaban J connectivity index is 2.19. The molecule has 2 rings (SSSR count). The Morgan fingerprint density at radius 1 is 1.20 bits per heavy atom. The van der Waals surface area contributed by atoms with Gasteiger partial charge in [-0.2, -0.15) is 10.5 Å². The van der Waals surface area contributed by atoms with E-state index in [4.69, 9.17) is 15.6 Å². The van der Waals surface area contributed by atoms with E-state index in [2.05, 4.69) is 4.98 Å². The molecule has 20 heavy (non-hydrogen) atoms. The Hall–Kier alpha value is -3.12. The second-order valence-corrected chi connectivity index (χ2v) is 4.18. The Labute approximate surface area is 115 Å². The molecule has 0 radical (unpaired) electrons. The van der Waals surface area contributed by atoms with Gasteiger partial charge in [-0.1, -0.05) is 24.3 Å². The maximum atomic E-state index is 10.6. The zero-order valence-electron chi connectivity index (χ0n) is 10.4. The average Bonchev–Trinajstić information content (AvgIpc) is 2.82. The smallest absolute Gasteiger partial charge is 0.307 e. The number of nitrogens with zero attached hydrogens (tertiary/aromatic N) is 4. The largest absolute Gasteiger partial charge is 0.481 e. The molecule has 0 aliphatic rings. The molecule has 0 atom stereocenters. The van der Waals surface area contributed by atoms with Crippen LogP contribution in [0.3, 0.4) is 0 Å². The van der Waals surface area contributed by atoms with Crippen LogP contribution in [0.5, 0.6) is 0 Å². The first kappa shape index (κ1) is 13.3. The lowest BCUT2D eigenvalue weighted by Crippen LogP contribution is -2.03. The highest BCUT2D eigenvalue weighted by Crippen LogP contribution is 2.11. The van der Waals surface area contributed by atoms with Crippen molar-refractivity contribution in [3.05, 3.63) is 53.1 Å². The molecule has 0 saturated carbocycles. The number of carboxylic acid groups (broad SMARTS) is 1. The van der Waals surface area contributed by atoms with E-state index in [1.807, 2.05) is 12.1 Å². The van der Waals surface area contributed by atoms with Crippen LogP contribution in [0, 0.1) is 22.7 Å². The molecule has 0 saturated heterocycles. The summed E-state index contributed by atoms with van der Waals surface area (Å²) in [4.78, 5) is 14.4. The van der Waals surface area contributed by atoms with Crippen LogP contribution < -0.4 is 0 Å². The van der Waals surface area contributed by atoms with E-state index < -0.39 is 5.97 Å². The summed E-state index contributed by atoms with van der Waals surface area (Å²) in [7, 11) is 0. The maximum absolute atomic E-state index is 10.6. The Kier molecular flexibility index (Phi) is 3.78. The minimum Gasteiger partial charge on any atom is -0.481 e. The first-order valence-electron chi connectivity index (χ1n) is 5.79. The van der Waals surface area contributed by atoms with Crippen molar-refractivity contribution in [3.63, 3.8) is 0 Å². The van der Waals surface area contributed by atoms with Gasteiger partial charge in [-0.25, -0.2) is 4.98 Å². The quantitative estimate of drug-likeness (QED) is 0.898. The average molecular weight is 266 g/mol. The van der Waals surface area contributed by atoms with Crippen LogP contribution in [0.1, 0.15) is 22.5 Å². The summed E-state index contributed by atoms with van der Waals surface area (Å²) < 4.78 is 1.59. The number of hydrogen-bond donors (Lipinski definition) is 1. The normalized spacial score (nSPS) is 9.70. The van der Waals surface area contributed by atoms with Gasteiger partial charge in [-0.3, -0.25) is 4.79 Å². The maximum Gasteiger partial charge on any atom is 0.307 e. The van der Waals surface area contributed by atoms with Gasteiger partial charge >= 0.3 is 5.97 Å². The van der Waals surface area contributed by atoms with Crippen molar-refractivity contribution >= 4 is 5.97 Å². The molecule has 1 aromatic heterocycles. The number of benzene rings is 1. The fraction of sp³-hybridized carbons (Fsp3) is 0.143. The highest BCUT2D eigenvalue weighted by molar-refractivity contribution is 5.70. The first-order chi connectivity index (χ1) is 9.63. The molecule has 6 heteroatoms. The van der Waals surface area contributed by atoms with Crippen molar-refractivity contribution in [2.45, 2.75) is 13.0 Å². The summed E-state index contributed by atoms with van der Waals surface area (Å²) in [5.74, 6) is -0.877. The van der Waals surface area contributed by atoms with Crippen LogP contribution in [-0.4, -0.2) is 20.6 Å². The van der Waals surface area contributed by atoms with Crippen molar-refractivity contribution in [2.75, 3.05) is 0 Å². The lowest BCUT2D eigenvalue weighted by atomic mass is 10.1. The zero-order chi connectivity index (χ0) is 14.5. The minimum atomic E-state index is -0.877. The van der Waals surface area contributed by atoms with E-state index >= 15 is 0 Å². The molecule has 0 spiro atoms. The summed E-state index contributed by atoms with van der Waals surface area (Å²) in [6.45, 7) is 0.408. The second-order valence-electron chi connectivity index (χ2n) is 4.18. The van der Waals surface area contributed by atoms with Gasteiger partial charge in [0.25, 0.3) is 0 Å². The molecule has 1 heterocycles. The third-order valence-electron chi connectivity index (χ3n) is 2.78. The predicted octanol–water partition coefficient (Wildman–Crippen LogP) is 1.30. The van der Waals surface area contributed by atoms with Crippen LogP contribution in [-0.2, 0) is 17.8 Å². The SMILES string of the molecule is N#Cc1ncn(Cc2ccc(CC(=O)O)cc2)c1C#N. The highest BCUT2D eigenvalue weighted by atomic mass is 16.4. The van der Waals surface area contributed by atoms with E-state index in [1.54, 1.807) is 28.8 Å². The fourth-order valence-electron chi connectivity index (χ4n) is 1.84. The summed E-state index contributed by atoms with van der Waals surface area (Å²) in [6.07, 6.45) is 1.43. The summed E-state index contributed by atoms with van der Waals surface area (Å²) in [5, 5.41) is 26.5. The Bertz CT molecular complexity index is 717. The monoisotopic (exact) mass is 266 g/mol. The number of aromatic nitrogens is 2. The summed E-state index contributed by atoms with van der Waals surface area (Å²) in [6, 6.07) is 10.9. The number of nitriles is 2. The van der Waals surface area contributed by atoms with Gasteiger partial charge in [-0.15, -0.1) is 0 Å². The molecule has 6 nitrogen and oxygen atoms in total. The predicted molar refractivity (Wildman–Crippen MR) is 68.5 cm³/mol. The van der Waals surface area contributed by atoms with Crippen molar-refractivity contribution in [2.24, 2.45) is 0 Å². The molecule has 1 N–H and O–H groups in total. The lowest BCUT2D eigenvalue weighted by Gasteiger charge is -2.05. The topological polar surface area (TPSA) is 103 Å². The van der Waals surface area contributed by atoms with Gasteiger partial charge in [-0.05, 0) is 11.1 Å². The van der Waals surface area contributed by atoms with Gasteiger partial charge in [0, 0.05) is 6.54 Å². The van der Waals surface area contributed by atoms with E-state index in [1.165, 1.54) is 6.33 Å². The lowest BCUT2D eigenvalue weighted by molar-refractivity contribution is -0.136. The first-order valence-corrected chi connectivity index (χ1v) is 5.79. The molecule has 0 aliphatic carbocycles. The van der Waals surface area contributed by atoms with E-state index in [0.29, 0.717) is 12.1 Å². The van der Waals surface area contributed by atoms with Gasteiger partial charge < -0.3 is 9.67 Å². The van der Waals surface area contributed by atoms with Crippen molar-refractivity contribution in [1.29, 1.82) is 10.5 Å². The van der Waals surface area contributed by atoms with Crippen molar-refractivity contribution < 1.29 is 9.90 Å². The third-order valence-corrected chi connectivity index (χ3v) is 2.78. The number of carbonyl (C=O) groups is 1. The minimum absolute atomic E-state index is 0.0205. The molecule has 1 aromatic carbocycles. The van der Waals surface area contributed by atoms with Crippen LogP contribution in [0.4, 0.5) is 0 Å². The van der Waals surface area contributed by atoms with Crippen LogP contribution in [0.25, 0.3) is 0 Å². The zero-order valence-corrected chi connectivity index (χ0v) is 10.4. The molecule has 2 aromatic rings.